The number of carbonyl (C=O) groups is 2. The Morgan fingerprint density at radius 3 is 2.68 bits per heavy atom. The van der Waals surface area contributed by atoms with Gasteiger partial charge in [0.1, 0.15) is 5.82 Å². The minimum atomic E-state index is -0.712. The first kappa shape index (κ1) is 18.7. The van der Waals surface area contributed by atoms with Gasteiger partial charge < -0.3 is 15.1 Å². The fourth-order valence-corrected chi connectivity index (χ4v) is 3.68. The number of benzene rings is 1. The van der Waals surface area contributed by atoms with Gasteiger partial charge >= 0.3 is 11.8 Å². The third kappa shape index (κ3) is 3.56. The summed E-state index contributed by atoms with van der Waals surface area (Å²) < 4.78 is 1.42. The van der Waals surface area contributed by atoms with Gasteiger partial charge in [-0.05, 0) is 24.3 Å². The number of amides is 2. The van der Waals surface area contributed by atoms with Gasteiger partial charge in [-0.1, -0.05) is 6.07 Å². The molecule has 156 valence electrons. The molecular formula is C20H19N9O2. The molecule has 31 heavy (non-hydrogen) atoms. The van der Waals surface area contributed by atoms with E-state index in [1.807, 2.05) is 18.2 Å². The van der Waals surface area contributed by atoms with E-state index < -0.39 is 11.8 Å². The number of piperazine rings is 1. The van der Waals surface area contributed by atoms with Crippen molar-refractivity contribution in [2.75, 3.05) is 36.4 Å². The summed E-state index contributed by atoms with van der Waals surface area (Å²) >= 11 is 0. The van der Waals surface area contributed by atoms with Gasteiger partial charge in [0.15, 0.2) is 5.82 Å². The van der Waals surface area contributed by atoms with Crippen LogP contribution in [0.1, 0.15) is 0 Å². The van der Waals surface area contributed by atoms with Crippen molar-refractivity contribution in [2.24, 2.45) is 0 Å². The number of H-pyrrole nitrogens is 1. The van der Waals surface area contributed by atoms with Gasteiger partial charge in [0, 0.05) is 49.5 Å². The Labute approximate surface area is 176 Å². The van der Waals surface area contributed by atoms with Crippen molar-refractivity contribution < 1.29 is 9.59 Å². The van der Waals surface area contributed by atoms with Crippen LogP contribution in [-0.4, -0.2) is 73.1 Å². The smallest absolute Gasteiger partial charge is 0.315 e. The van der Waals surface area contributed by atoms with Crippen LogP contribution in [0.2, 0.25) is 0 Å². The van der Waals surface area contributed by atoms with Gasteiger partial charge in [-0.3, -0.25) is 14.7 Å². The lowest BCUT2D eigenvalue weighted by Gasteiger charge is -2.36. The molecule has 2 N–H and O–H groups in total. The lowest BCUT2D eigenvalue weighted by molar-refractivity contribution is -0.143. The van der Waals surface area contributed by atoms with Gasteiger partial charge in [0.2, 0.25) is 0 Å². The van der Waals surface area contributed by atoms with E-state index in [-0.39, 0.29) is 0 Å². The van der Waals surface area contributed by atoms with Gasteiger partial charge in [-0.25, -0.2) is 0 Å². The molecule has 11 nitrogen and oxygen atoms in total. The second-order valence-corrected chi connectivity index (χ2v) is 7.05. The molecule has 0 bridgehead atoms. The number of aromatic amines is 1. The summed E-state index contributed by atoms with van der Waals surface area (Å²) in [5, 5.41) is 22.7. The van der Waals surface area contributed by atoms with Crippen molar-refractivity contribution in [3.05, 3.63) is 55.0 Å². The second kappa shape index (κ2) is 7.86. The van der Waals surface area contributed by atoms with Crippen molar-refractivity contribution in [1.82, 2.24) is 35.1 Å². The Morgan fingerprint density at radius 2 is 1.87 bits per heavy atom. The van der Waals surface area contributed by atoms with Gasteiger partial charge in [0.25, 0.3) is 0 Å². The van der Waals surface area contributed by atoms with E-state index in [2.05, 4.69) is 35.7 Å². The number of rotatable bonds is 3. The summed E-state index contributed by atoms with van der Waals surface area (Å²) in [6.07, 6.45) is 4.86. The van der Waals surface area contributed by atoms with Crippen LogP contribution in [0.25, 0.3) is 16.7 Å². The predicted octanol–water partition coefficient (Wildman–Crippen LogP) is 0.826. The average Bonchev–Trinajstić information content (AvgIpc) is 3.48. The molecule has 0 spiro atoms. The van der Waals surface area contributed by atoms with Crippen LogP contribution in [0.5, 0.6) is 0 Å². The van der Waals surface area contributed by atoms with E-state index in [9.17, 15) is 9.59 Å². The molecule has 11 heteroatoms. The molecule has 1 saturated heterocycles. The maximum Gasteiger partial charge on any atom is 0.315 e. The van der Waals surface area contributed by atoms with Crippen LogP contribution in [0.15, 0.2) is 55.0 Å². The van der Waals surface area contributed by atoms with Gasteiger partial charge in [-0.2, -0.15) is 20.0 Å². The van der Waals surface area contributed by atoms with Crippen LogP contribution >= 0.6 is 0 Å². The summed E-state index contributed by atoms with van der Waals surface area (Å²) in [7, 11) is 0. The number of fused-ring (bicyclic) bond motifs is 1. The van der Waals surface area contributed by atoms with Crippen LogP contribution < -0.4 is 10.2 Å². The summed E-state index contributed by atoms with van der Waals surface area (Å²) in [5.41, 5.74) is 2.03. The lowest BCUT2D eigenvalue weighted by Crippen LogP contribution is -2.51. The normalized spacial score (nSPS) is 14.1. The van der Waals surface area contributed by atoms with Crippen molar-refractivity contribution in [3.63, 3.8) is 0 Å². The number of aromatic nitrogens is 6. The zero-order valence-corrected chi connectivity index (χ0v) is 16.5. The van der Waals surface area contributed by atoms with Crippen LogP contribution in [0, 0.1) is 0 Å². The first-order valence-corrected chi connectivity index (χ1v) is 9.80. The van der Waals surface area contributed by atoms with Gasteiger partial charge in [-0.15, -0.1) is 5.10 Å². The molecule has 0 atom stereocenters. The van der Waals surface area contributed by atoms with Crippen LogP contribution in [0.4, 0.5) is 11.5 Å². The van der Waals surface area contributed by atoms with Crippen molar-refractivity contribution in [3.8, 4) is 5.82 Å². The first-order chi connectivity index (χ1) is 15.2. The highest BCUT2D eigenvalue weighted by atomic mass is 16.2. The molecule has 0 radical (unpaired) electrons. The Bertz CT molecular complexity index is 1230. The van der Waals surface area contributed by atoms with E-state index in [1.54, 1.807) is 35.5 Å². The summed E-state index contributed by atoms with van der Waals surface area (Å²) in [4.78, 5) is 29.0. The fraction of sp³-hybridized carbons (Fsp3) is 0.200. The zero-order valence-electron chi connectivity index (χ0n) is 16.5. The third-order valence-corrected chi connectivity index (χ3v) is 5.22. The molecule has 4 heterocycles. The monoisotopic (exact) mass is 417 g/mol. The Hall–Kier alpha value is -4.28. The highest BCUT2D eigenvalue weighted by molar-refractivity contribution is 6.39. The molecule has 0 saturated carbocycles. The fourth-order valence-electron chi connectivity index (χ4n) is 3.68. The molecule has 0 aliphatic carbocycles. The van der Waals surface area contributed by atoms with E-state index in [0.717, 1.165) is 16.6 Å². The van der Waals surface area contributed by atoms with E-state index in [1.165, 1.54) is 10.9 Å². The molecule has 0 unspecified atom stereocenters. The average molecular weight is 417 g/mol. The Kier molecular flexibility index (Phi) is 4.75. The number of nitrogens with zero attached hydrogens (tertiary/aromatic N) is 7. The van der Waals surface area contributed by atoms with E-state index in [4.69, 9.17) is 0 Å². The standard InChI is InChI=1S/C20H19N9O2/c30-19(24-17-6-8-23-29(17)18-5-2-7-21-26-18)20(31)28-11-9-27(10-12-28)16-4-1-3-15-14(16)13-22-25-15/h1-8,13H,9-12H2,(H,22,25)(H,24,30). The largest absolute Gasteiger partial charge is 0.367 e. The van der Waals surface area contributed by atoms with Crippen molar-refractivity contribution in [1.29, 1.82) is 0 Å². The minimum Gasteiger partial charge on any atom is -0.367 e. The predicted molar refractivity (Wildman–Crippen MR) is 113 cm³/mol. The molecule has 1 aromatic carbocycles. The zero-order chi connectivity index (χ0) is 21.2. The molecule has 2 amide bonds. The highest BCUT2D eigenvalue weighted by Crippen LogP contribution is 2.26. The SMILES string of the molecule is O=C(Nc1ccnn1-c1cccnn1)C(=O)N1CCN(c2cccc3[nH]ncc23)CC1. The molecule has 4 aromatic rings. The first-order valence-electron chi connectivity index (χ1n) is 9.80. The molecular weight excluding hydrogens is 398 g/mol. The number of carbonyl (C=O) groups excluding carboxylic acids is 2. The highest BCUT2D eigenvalue weighted by Gasteiger charge is 2.27. The summed E-state index contributed by atoms with van der Waals surface area (Å²) in [6, 6.07) is 11.0. The maximum absolute atomic E-state index is 12.7. The van der Waals surface area contributed by atoms with Crippen LogP contribution in [0.3, 0.4) is 0 Å². The molecule has 1 fully saturated rings. The van der Waals surface area contributed by atoms with E-state index >= 15 is 0 Å². The number of hydrogen-bond donors (Lipinski definition) is 2. The maximum atomic E-state index is 12.7. The molecule has 3 aromatic heterocycles. The quantitative estimate of drug-likeness (QED) is 0.473. The summed E-state index contributed by atoms with van der Waals surface area (Å²) in [6.45, 7) is 2.15. The molecule has 1 aliphatic heterocycles. The van der Waals surface area contributed by atoms with Crippen LogP contribution in [-0.2, 0) is 9.59 Å². The number of nitrogens with one attached hydrogen (secondary N) is 2. The van der Waals surface area contributed by atoms with Crippen molar-refractivity contribution in [2.45, 2.75) is 0 Å². The Balaban J connectivity index is 1.24. The topological polar surface area (TPSA) is 125 Å². The van der Waals surface area contributed by atoms with E-state index in [0.29, 0.717) is 37.8 Å². The van der Waals surface area contributed by atoms with Crippen molar-refractivity contribution >= 4 is 34.2 Å². The summed E-state index contributed by atoms with van der Waals surface area (Å²) in [5.74, 6) is -0.495. The molecule has 1 aliphatic rings. The second-order valence-electron chi connectivity index (χ2n) is 7.05. The Morgan fingerprint density at radius 1 is 1.00 bits per heavy atom. The van der Waals surface area contributed by atoms with Gasteiger partial charge in [0.05, 0.1) is 17.9 Å². The lowest BCUT2D eigenvalue weighted by atomic mass is 10.2. The molecule has 5 rings (SSSR count). The third-order valence-electron chi connectivity index (χ3n) is 5.22. The minimum absolute atomic E-state index is 0.351. The number of hydrogen-bond acceptors (Lipinski definition) is 7. The number of anilines is 2.